The molecule has 0 aromatic heterocycles. The Balaban J connectivity index is 2.27. The minimum atomic E-state index is 0.948. The summed E-state index contributed by atoms with van der Waals surface area (Å²) in [5, 5.41) is 3.35. The fraction of sp³-hybridized carbons (Fsp3) is 0.0625. The van der Waals surface area contributed by atoms with Crippen molar-refractivity contribution in [1.29, 1.82) is 0 Å². The van der Waals surface area contributed by atoms with Crippen LogP contribution in [0.1, 0.15) is 5.56 Å². The zero-order chi connectivity index (χ0) is 12.6. The summed E-state index contributed by atoms with van der Waals surface area (Å²) in [4.78, 5) is 0. The highest BCUT2D eigenvalue weighted by molar-refractivity contribution is 5.87. The van der Waals surface area contributed by atoms with Crippen molar-refractivity contribution in [2.45, 2.75) is 0 Å². The van der Waals surface area contributed by atoms with Crippen molar-refractivity contribution in [3.8, 4) is 0 Å². The van der Waals surface area contributed by atoms with Gasteiger partial charge in [-0.15, -0.1) is 6.08 Å². The summed E-state index contributed by atoms with van der Waals surface area (Å²) >= 11 is 0. The normalized spacial score (nSPS) is 11.7. The van der Waals surface area contributed by atoms with Crippen LogP contribution in [-0.2, 0) is 4.42 Å². The average Bonchev–Trinajstić information content (AvgIpc) is 2.45. The zero-order valence-electron chi connectivity index (χ0n) is 10.3. The molecule has 0 saturated carbocycles. The Bertz CT molecular complexity index is 530. The summed E-state index contributed by atoms with van der Waals surface area (Å²) in [6.07, 6.45) is 4.54. The minimum absolute atomic E-state index is 0.948. The summed E-state index contributed by atoms with van der Waals surface area (Å²) in [6, 6.07) is 20.1. The number of hydrogen-bond donors (Lipinski definition) is 1. The maximum absolute atomic E-state index is 4.87. The van der Waals surface area contributed by atoms with Crippen LogP contribution in [0.4, 0.5) is 5.69 Å². The van der Waals surface area contributed by atoms with Gasteiger partial charge in [0.2, 0.25) is 13.4 Å². The van der Waals surface area contributed by atoms with Crippen LogP contribution < -0.4 is 5.32 Å². The van der Waals surface area contributed by atoms with E-state index in [1.807, 2.05) is 60.7 Å². The quantitative estimate of drug-likeness (QED) is 0.491. The fourth-order valence-corrected chi connectivity index (χ4v) is 1.60. The van der Waals surface area contributed by atoms with Crippen molar-refractivity contribution in [1.82, 2.24) is 0 Å². The van der Waals surface area contributed by atoms with Crippen LogP contribution in [0.3, 0.4) is 0 Å². The van der Waals surface area contributed by atoms with E-state index in [1.165, 1.54) is 0 Å². The first-order valence-corrected chi connectivity index (χ1v) is 5.76. The van der Waals surface area contributed by atoms with Gasteiger partial charge in [0.15, 0.2) is 0 Å². The number of anilines is 1. The van der Waals surface area contributed by atoms with Crippen LogP contribution >= 0.6 is 0 Å². The molecule has 1 N–H and O–H groups in total. The molecule has 0 saturated heterocycles. The number of para-hydroxylation sites is 1. The molecule has 0 unspecified atom stereocenters. The maximum Gasteiger partial charge on any atom is 0.229 e. The number of hydrogen-bond acceptors (Lipinski definition) is 1. The molecule has 2 heteroatoms. The van der Waals surface area contributed by atoms with E-state index in [-0.39, 0.29) is 0 Å². The number of nitrogens with one attached hydrogen (secondary N) is 1. The van der Waals surface area contributed by atoms with Crippen molar-refractivity contribution < 1.29 is 4.42 Å². The molecule has 0 amide bonds. The Morgan fingerprint density at radius 2 is 1.61 bits per heavy atom. The highest BCUT2D eigenvalue weighted by Crippen LogP contribution is 2.17. The molecule has 0 bridgehead atoms. The van der Waals surface area contributed by atoms with Gasteiger partial charge in [-0.1, -0.05) is 59.8 Å². The first-order chi connectivity index (χ1) is 8.90. The second-order valence-electron chi connectivity index (χ2n) is 3.74. The topological polar surface area (TPSA) is 23.3 Å². The van der Waals surface area contributed by atoms with Gasteiger partial charge >= 0.3 is 0 Å². The molecule has 2 rings (SSSR count). The molecule has 2 aromatic carbocycles. The number of rotatable bonds is 4. The second kappa shape index (κ2) is 6.40. The van der Waals surface area contributed by atoms with Gasteiger partial charge in [0.25, 0.3) is 0 Å². The van der Waals surface area contributed by atoms with Crippen molar-refractivity contribution in [3.63, 3.8) is 0 Å². The van der Waals surface area contributed by atoms with Gasteiger partial charge in [-0.3, -0.25) is 0 Å². The van der Waals surface area contributed by atoms with E-state index in [4.69, 9.17) is 4.42 Å². The predicted octanol–water partition coefficient (Wildman–Crippen LogP) is 3.41. The number of benzene rings is 2. The van der Waals surface area contributed by atoms with Crippen molar-refractivity contribution >= 4 is 17.7 Å². The van der Waals surface area contributed by atoms with Crippen molar-refractivity contribution in [3.05, 3.63) is 72.3 Å². The average molecular weight is 237 g/mol. The van der Waals surface area contributed by atoms with E-state index in [0.717, 1.165) is 16.9 Å². The maximum atomic E-state index is 4.87. The fourth-order valence-electron chi connectivity index (χ4n) is 1.60. The van der Waals surface area contributed by atoms with Gasteiger partial charge in [0.1, 0.15) is 0 Å². The first kappa shape index (κ1) is 12.1. The van der Waals surface area contributed by atoms with Gasteiger partial charge < -0.3 is 9.74 Å². The molecule has 0 aliphatic heterocycles. The van der Waals surface area contributed by atoms with Crippen LogP contribution in [0.5, 0.6) is 0 Å². The molecule has 0 fully saturated rings. The van der Waals surface area contributed by atoms with Crippen LogP contribution in [0.2, 0.25) is 0 Å². The third-order valence-corrected chi connectivity index (χ3v) is 2.46. The molecule has 0 radical (unpaired) electrons. The Morgan fingerprint density at radius 3 is 2.22 bits per heavy atom. The highest BCUT2D eigenvalue weighted by Gasteiger charge is 1.93. The summed E-state index contributed by atoms with van der Waals surface area (Å²) in [6.45, 7) is 0. The van der Waals surface area contributed by atoms with E-state index in [9.17, 15) is 0 Å². The lowest BCUT2D eigenvalue weighted by Crippen LogP contribution is -1.99. The molecule has 0 spiro atoms. The predicted molar refractivity (Wildman–Crippen MR) is 76.1 cm³/mol. The third kappa shape index (κ3) is 3.32. The summed E-state index contributed by atoms with van der Waals surface area (Å²) < 4.78 is 4.87. The molecule has 2 nitrogen and oxygen atoms in total. The second-order valence-corrected chi connectivity index (χ2v) is 3.74. The largest absolute Gasteiger partial charge is 0.433 e. The molecule has 0 atom stereocenters. The summed E-state index contributed by atoms with van der Waals surface area (Å²) in [7, 11) is 1.58. The molecule has 90 valence electrons. The first-order valence-electron chi connectivity index (χ1n) is 5.76. The lowest BCUT2D eigenvalue weighted by molar-refractivity contribution is 0.186. The monoisotopic (exact) mass is 237 g/mol. The molecule has 18 heavy (non-hydrogen) atoms. The van der Waals surface area contributed by atoms with E-state index in [1.54, 1.807) is 13.2 Å². The summed E-state index contributed by atoms with van der Waals surface area (Å²) in [5.74, 6) is 0. The molecular formula is C16H15NO. The lowest BCUT2D eigenvalue weighted by Gasteiger charge is -2.17. The Kier molecular flexibility index (Phi) is 4.31. The van der Waals surface area contributed by atoms with Crippen LogP contribution in [-0.4, -0.2) is 13.4 Å². The van der Waals surface area contributed by atoms with E-state index in [2.05, 4.69) is 11.6 Å². The zero-order valence-corrected chi connectivity index (χ0v) is 10.3. The van der Waals surface area contributed by atoms with Crippen LogP contribution in [0.25, 0.3) is 5.70 Å². The standard InChI is InChI=1S/C16H15NO/c1-18-13-12-16(14-8-4-2-5-9-14)17-15-10-6-3-7-11-15/h2-12,17H,1H3/b16-12+. The molecule has 0 aliphatic carbocycles. The van der Waals surface area contributed by atoms with Crippen molar-refractivity contribution in [2.75, 3.05) is 12.4 Å². The Labute approximate surface area is 107 Å². The third-order valence-electron chi connectivity index (χ3n) is 2.46. The lowest BCUT2D eigenvalue weighted by atomic mass is 10.1. The SMILES string of the molecule is C[O+]=[C-]/C=C(/Nc1ccccc1)c1ccccc1. The van der Waals surface area contributed by atoms with Crippen LogP contribution in [0.15, 0.2) is 66.7 Å². The number of allylic oxidation sites excluding steroid dienone is 1. The van der Waals surface area contributed by atoms with E-state index < -0.39 is 0 Å². The Morgan fingerprint density at radius 1 is 1.00 bits per heavy atom. The minimum Gasteiger partial charge on any atom is -0.433 e. The van der Waals surface area contributed by atoms with Gasteiger partial charge in [-0.25, -0.2) is 0 Å². The van der Waals surface area contributed by atoms with Crippen LogP contribution in [0, 0.1) is 0 Å². The molecular weight excluding hydrogens is 222 g/mol. The van der Waals surface area contributed by atoms with Crippen molar-refractivity contribution in [2.24, 2.45) is 0 Å². The molecule has 0 heterocycles. The smallest absolute Gasteiger partial charge is 0.229 e. The van der Waals surface area contributed by atoms with E-state index >= 15 is 0 Å². The molecule has 2 aromatic rings. The van der Waals surface area contributed by atoms with Gasteiger partial charge in [-0.2, -0.15) is 0 Å². The van der Waals surface area contributed by atoms with E-state index in [0.29, 0.717) is 0 Å². The Hall–Kier alpha value is -2.35. The highest BCUT2D eigenvalue weighted by atomic mass is 16.4. The molecule has 0 aliphatic rings. The van der Waals surface area contributed by atoms with Gasteiger partial charge in [0, 0.05) is 5.69 Å². The van der Waals surface area contributed by atoms with Gasteiger partial charge in [0.05, 0.1) is 0 Å². The van der Waals surface area contributed by atoms with Gasteiger partial charge in [-0.05, 0) is 12.1 Å². The number of carbonyl (C=O) groups excluding carboxylic acids is 1. The summed E-state index contributed by atoms with van der Waals surface area (Å²) in [5.41, 5.74) is 3.07.